The molecule has 0 saturated carbocycles. The third kappa shape index (κ3) is 2.08. The minimum Gasteiger partial charge on any atom is -0.383 e. The summed E-state index contributed by atoms with van der Waals surface area (Å²) in [6, 6.07) is 8.10. The van der Waals surface area contributed by atoms with Gasteiger partial charge in [0.1, 0.15) is 5.82 Å². The zero-order valence-electron chi connectivity index (χ0n) is 11.3. The number of nitrogen functional groups attached to an aromatic ring is 1. The van der Waals surface area contributed by atoms with Gasteiger partial charge in [-0.05, 0) is 48.9 Å². The monoisotopic (exact) mass is 319 g/mol. The van der Waals surface area contributed by atoms with Gasteiger partial charge in [-0.25, -0.2) is 4.68 Å². The molecule has 0 saturated heterocycles. The highest BCUT2D eigenvalue weighted by molar-refractivity contribution is 9.10. The first kappa shape index (κ1) is 12.7. The molecule has 0 unspecified atom stereocenters. The van der Waals surface area contributed by atoms with Crippen molar-refractivity contribution in [2.24, 2.45) is 0 Å². The smallest absolute Gasteiger partial charge is 0.131 e. The fourth-order valence-corrected chi connectivity index (χ4v) is 3.26. The van der Waals surface area contributed by atoms with Gasteiger partial charge in [0, 0.05) is 10.0 Å². The second kappa shape index (κ2) is 4.37. The highest BCUT2D eigenvalue weighted by Gasteiger charge is 2.33. The van der Waals surface area contributed by atoms with E-state index >= 15 is 0 Å². The summed E-state index contributed by atoms with van der Waals surface area (Å²) in [4.78, 5) is 0. The van der Waals surface area contributed by atoms with Gasteiger partial charge in [-0.2, -0.15) is 5.10 Å². The van der Waals surface area contributed by atoms with Crippen LogP contribution in [0.25, 0.3) is 5.69 Å². The lowest BCUT2D eigenvalue weighted by atomic mass is 9.75. The van der Waals surface area contributed by atoms with Crippen molar-refractivity contribution in [2.75, 3.05) is 5.73 Å². The molecule has 1 aromatic heterocycles. The van der Waals surface area contributed by atoms with Crippen LogP contribution in [0.2, 0.25) is 0 Å². The van der Waals surface area contributed by atoms with Crippen molar-refractivity contribution in [1.29, 1.82) is 0 Å². The molecule has 0 spiro atoms. The molecule has 1 aromatic carbocycles. The first-order valence-corrected chi connectivity index (χ1v) is 7.42. The lowest BCUT2D eigenvalue weighted by Crippen LogP contribution is -2.24. The van der Waals surface area contributed by atoms with Crippen LogP contribution in [0.3, 0.4) is 0 Å². The van der Waals surface area contributed by atoms with Crippen LogP contribution in [0.1, 0.15) is 37.9 Å². The Kier molecular flexibility index (Phi) is 2.93. The summed E-state index contributed by atoms with van der Waals surface area (Å²) in [6.45, 7) is 4.52. The first-order chi connectivity index (χ1) is 8.99. The fraction of sp³-hybridized carbons (Fsp3) is 0.400. The number of hydrogen-bond acceptors (Lipinski definition) is 2. The van der Waals surface area contributed by atoms with E-state index in [0.29, 0.717) is 0 Å². The first-order valence-electron chi connectivity index (χ1n) is 6.63. The Hall–Kier alpha value is -1.29. The second-order valence-corrected chi connectivity index (χ2v) is 6.75. The number of anilines is 1. The standard InChI is InChI=1S/C15H18BrN3/c1-15(2)9-3-4-12-13(15)14(17)19(18-12)11-7-5-10(16)6-8-11/h5-8H,3-4,9,17H2,1-2H3. The van der Waals surface area contributed by atoms with E-state index in [9.17, 15) is 0 Å². The normalized spacial score (nSPS) is 17.2. The molecule has 2 aromatic rings. The number of nitrogens with two attached hydrogens (primary N) is 1. The van der Waals surface area contributed by atoms with Crippen molar-refractivity contribution in [3.8, 4) is 5.69 Å². The van der Waals surface area contributed by atoms with Crippen molar-refractivity contribution in [3.63, 3.8) is 0 Å². The lowest BCUT2D eigenvalue weighted by Gasteiger charge is -2.29. The molecule has 0 atom stereocenters. The van der Waals surface area contributed by atoms with Crippen LogP contribution >= 0.6 is 15.9 Å². The maximum absolute atomic E-state index is 6.36. The SMILES string of the molecule is CC1(C)CCCc2nn(-c3ccc(Br)cc3)c(N)c21. The van der Waals surface area contributed by atoms with E-state index in [1.807, 2.05) is 28.9 Å². The van der Waals surface area contributed by atoms with Crippen LogP contribution in [-0.4, -0.2) is 9.78 Å². The van der Waals surface area contributed by atoms with Gasteiger partial charge in [0.2, 0.25) is 0 Å². The summed E-state index contributed by atoms with van der Waals surface area (Å²) in [5, 5.41) is 4.72. The Bertz CT molecular complexity index is 611. The third-order valence-corrected chi connectivity index (χ3v) is 4.49. The Balaban J connectivity index is 2.15. The van der Waals surface area contributed by atoms with E-state index in [-0.39, 0.29) is 5.41 Å². The Morgan fingerprint density at radius 3 is 2.58 bits per heavy atom. The van der Waals surface area contributed by atoms with Gasteiger partial charge >= 0.3 is 0 Å². The predicted octanol–water partition coefficient (Wildman–Crippen LogP) is 3.83. The zero-order chi connectivity index (χ0) is 13.6. The van der Waals surface area contributed by atoms with Crippen molar-refractivity contribution in [3.05, 3.63) is 40.0 Å². The number of fused-ring (bicyclic) bond motifs is 1. The van der Waals surface area contributed by atoms with Crippen LogP contribution < -0.4 is 5.73 Å². The number of aryl methyl sites for hydroxylation is 1. The molecule has 0 fully saturated rings. The topological polar surface area (TPSA) is 43.8 Å². The van der Waals surface area contributed by atoms with Crippen LogP contribution in [0.5, 0.6) is 0 Å². The largest absolute Gasteiger partial charge is 0.383 e. The Morgan fingerprint density at radius 1 is 1.26 bits per heavy atom. The molecule has 0 radical (unpaired) electrons. The number of halogens is 1. The number of aromatic nitrogens is 2. The van der Waals surface area contributed by atoms with Gasteiger partial charge in [-0.15, -0.1) is 0 Å². The average Bonchev–Trinajstić information content (AvgIpc) is 2.69. The molecule has 100 valence electrons. The molecule has 3 nitrogen and oxygen atoms in total. The summed E-state index contributed by atoms with van der Waals surface area (Å²) in [5.41, 5.74) is 9.91. The van der Waals surface area contributed by atoms with Crippen molar-refractivity contribution < 1.29 is 0 Å². The van der Waals surface area contributed by atoms with Crippen molar-refractivity contribution in [2.45, 2.75) is 38.5 Å². The molecule has 4 heteroatoms. The highest BCUT2D eigenvalue weighted by Crippen LogP contribution is 2.40. The number of benzene rings is 1. The van der Waals surface area contributed by atoms with Gasteiger partial charge in [0.05, 0.1) is 11.4 Å². The van der Waals surface area contributed by atoms with Crippen LogP contribution in [0.15, 0.2) is 28.7 Å². The molecule has 1 aliphatic rings. The van der Waals surface area contributed by atoms with E-state index in [1.54, 1.807) is 0 Å². The third-order valence-electron chi connectivity index (χ3n) is 3.96. The molecule has 19 heavy (non-hydrogen) atoms. The van der Waals surface area contributed by atoms with Crippen LogP contribution in [-0.2, 0) is 11.8 Å². The lowest BCUT2D eigenvalue weighted by molar-refractivity contribution is 0.432. The van der Waals surface area contributed by atoms with E-state index in [0.717, 1.165) is 28.1 Å². The van der Waals surface area contributed by atoms with E-state index in [2.05, 4.69) is 29.8 Å². The van der Waals surface area contributed by atoms with Crippen molar-refractivity contribution >= 4 is 21.7 Å². The molecule has 0 amide bonds. The summed E-state index contributed by atoms with van der Waals surface area (Å²) in [7, 11) is 0. The number of hydrogen-bond donors (Lipinski definition) is 1. The molecule has 3 rings (SSSR count). The molecule has 0 bridgehead atoms. The van der Waals surface area contributed by atoms with Gasteiger partial charge < -0.3 is 5.73 Å². The molecule has 0 aliphatic heterocycles. The van der Waals surface area contributed by atoms with Gasteiger partial charge in [-0.3, -0.25) is 0 Å². The minimum atomic E-state index is 0.130. The van der Waals surface area contributed by atoms with E-state index < -0.39 is 0 Å². The van der Waals surface area contributed by atoms with Gasteiger partial charge in [0.25, 0.3) is 0 Å². The average molecular weight is 320 g/mol. The molecule has 1 aliphatic carbocycles. The maximum atomic E-state index is 6.36. The number of rotatable bonds is 1. The summed E-state index contributed by atoms with van der Waals surface area (Å²) >= 11 is 3.45. The van der Waals surface area contributed by atoms with Crippen LogP contribution in [0.4, 0.5) is 5.82 Å². The fourth-order valence-electron chi connectivity index (χ4n) is 2.99. The second-order valence-electron chi connectivity index (χ2n) is 5.83. The molecule has 1 heterocycles. The van der Waals surface area contributed by atoms with E-state index in [4.69, 9.17) is 10.8 Å². The summed E-state index contributed by atoms with van der Waals surface area (Å²) in [6.07, 6.45) is 3.40. The highest BCUT2D eigenvalue weighted by atomic mass is 79.9. The zero-order valence-corrected chi connectivity index (χ0v) is 12.9. The molecule has 2 N–H and O–H groups in total. The quantitative estimate of drug-likeness (QED) is 0.868. The predicted molar refractivity (Wildman–Crippen MR) is 81.6 cm³/mol. The summed E-state index contributed by atoms with van der Waals surface area (Å²) in [5.74, 6) is 0.794. The van der Waals surface area contributed by atoms with E-state index in [1.165, 1.54) is 18.4 Å². The summed E-state index contributed by atoms with van der Waals surface area (Å²) < 4.78 is 2.94. The Morgan fingerprint density at radius 2 is 1.95 bits per heavy atom. The molecular formula is C15H18BrN3. The molecular weight excluding hydrogens is 302 g/mol. The maximum Gasteiger partial charge on any atom is 0.131 e. The van der Waals surface area contributed by atoms with Gasteiger partial charge in [-0.1, -0.05) is 29.8 Å². The van der Waals surface area contributed by atoms with Crippen molar-refractivity contribution in [1.82, 2.24) is 9.78 Å². The number of nitrogens with zero attached hydrogens (tertiary/aromatic N) is 2. The van der Waals surface area contributed by atoms with Gasteiger partial charge in [0.15, 0.2) is 0 Å². The Labute approximate surface area is 121 Å². The van der Waals surface area contributed by atoms with Crippen LogP contribution in [0, 0.1) is 0 Å². The minimum absolute atomic E-state index is 0.130.